The maximum Gasteiger partial charge on any atom is 0.252 e. The quantitative estimate of drug-likeness (QED) is 0.856. The fraction of sp³-hybridized carbons (Fsp3) is 0.0833. The summed E-state index contributed by atoms with van der Waals surface area (Å²) in [6.45, 7) is 0.565. The van der Waals surface area contributed by atoms with Gasteiger partial charge in [0, 0.05) is 13.8 Å². The molecule has 88 valence electrons. The van der Waals surface area contributed by atoms with Gasteiger partial charge in [0.25, 0.3) is 5.91 Å². The zero-order valence-corrected chi connectivity index (χ0v) is 12.7. The van der Waals surface area contributed by atoms with Gasteiger partial charge in [-0.1, -0.05) is 22.0 Å². The molecule has 2 rings (SSSR count). The molecule has 0 aliphatic carbocycles. The van der Waals surface area contributed by atoms with Gasteiger partial charge in [0.1, 0.15) is 0 Å². The van der Waals surface area contributed by atoms with Crippen LogP contribution in [0, 0.1) is 0 Å². The van der Waals surface area contributed by atoms with E-state index in [9.17, 15) is 4.79 Å². The van der Waals surface area contributed by atoms with E-state index in [0.717, 1.165) is 13.8 Å². The molecule has 0 spiro atoms. The summed E-state index contributed by atoms with van der Waals surface area (Å²) >= 11 is 8.36. The van der Waals surface area contributed by atoms with E-state index < -0.39 is 0 Å². The second kappa shape index (κ2) is 5.80. The lowest BCUT2D eigenvalue weighted by Gasteiger charge is -2.06. The third-order valence-corrected chi connectivity index (χ3v) is 4.24. The van der Waals surface area contributed by atoms with Crippen molar-refractivity contribution >= 4 is 49.1 Å². The molecule has 0 saturated carbocycles. The van der Waals surface area contributed by atoms with Crippen LogP contribution in [0.3, 0.4) is 0 Å². The first kappa shape index (κ1) is 12.8. The van der Waals surface area contributed by atoms with E-state index in [4.69, 9.17) is 0 Å². The Hall–Kier alpha value is -0.650. The zero-order chi connectivity index (χ0) is 12.3. The molecule has 0 fully saturated rings. The lowest BCUT2D eigenvalue weighted by Crippen LogP contribution is -2.22. The van der Waals surface area contributed by atoms with Crippen molar-refractivity contribution in [2.24, 2.45) is 0 Å². The predicted molar refractivity (Wildman–Crippen MR) is 77.3 cm³/mol. The minimum atomic E-state index is -0.0772. The molecule has 2 nitrogen and oxygen atoms in total. The topological polar surface area (TPSA) is 29.1 Å². The van der Waals surface area contributed by atoms with Gasteiger partial charge in [-0.25, -0.2) is 0 Å². The van der Waals surface area contributed by atoms with E-state index >= 15 is 0 Å². The maximum absolute atomic E-state index is 12.0. The van der Waals surface area contributed by atoms with Crippen LogP contribution < -0.4 is 5.32 Å². The van der Waals surface area contributed by atoms with Crippen LogP contribution in [0.1, 0.15) is 15.2 Å². The molecule has 0 aliphatic heterocycles. The Balaban J connectivity index is 2.07. The van der Waals surface area contributed by atoms with Crippen LogP contribution in [-0.2, 0) is 6.54 Å². The average Bonchev–Trinajstić information content (AvgIpc) is 2.82. The molecule has 0 aliphatic rings. The zero-order valence-electron chi connectivity index (χ0n) is 8.74. The van der Waals surface area contributed by atoms with Crippen molar-refractivity contribution < 1.29 is 4.79 Å². The Morgan fingerprint density at radius 1 is 1.29 bits per heavy atom. The number of carbonyl (C=O) groups excluding carboxylic acids is 1. The van der Waals surface area contributed by atoms with Gasteiger partial charge in [-0.15, -0.1) is 11.3 Å². The summed E-state index contributed by atoms with van der Waals surface area (Å²) in [7, 11) is 0. The second-order valence-corrected chi connectivity index (χ2v) is 6.19. The minimum absolute atomic E-state index is 0.0772. The second-order valence-electron chi connectivity index (χ2n) is 3.39. The number of halogens is 2. The molecule has 0 bridgehead atoms. The summed E-state index contributed by atoms with van der Waals surface area (Å²) in [6.07, 6.45) is 0. The molecule has 0 atom stereocenters. The molecule has 1 N–H and O–H groups in total. The third kappa shape index (κ3) is 3.40. The predicted octanol–water partition coefficient (Wildman–Crippen LogP) is 4.20. The van der Waals surface area contributed by atoms with Crippen LogP contribution in [0.5, 0.6) is 0 Å². The first-order valence-electron chi connectivity index (χ1n) is 4.92. The molecule has 0 unspecified atom stereocenters. The van der Waals surface area contributed by atoms with E-state index in [0.29, 0.717) is 12.1 Å². The van der Waals surface area contributed by atoms with E-state index in [1.807, 2.05) is 29.6 Å². The molecule has 17 heavy (non-hydrogen) atoms. The molecule has 5 heteroatoms. The first-order chi connectivity index (χ1) is 8.16. The number of rotatable bonds is 3. The SMILES string of the molecule is O=C(NCc1cccs1)c1cc(Br)ccc1Br. The lowest BCUT2D eigenvalue weighted by atomic mass is 10.2. The fourth-order valence-electron chi connectivity index (χ4n) is 1.35. The highest BCUT2D eigenvalue weighted by molar-refractivity contribution is 9.11. The largest absolute Gasteiger partial charge is 0.347 e. The van der Waals surface area contributed by atoms with E-state index in [1.165, 1.54) is 0 Å². The number of amides is 1. The normalized spacial score (nSPS) is 10.2. The number of nitrogens with one attached hydrogen (secondary N) is 1. The Morgan fingerprint density at radius 2 is 2.12 bits per heavy atom. The average molecular weight is 375 g/mol. The van der Waals surface area contributed by atoms with Gasteiger partial charge >= 0.3 is 0 Å². The monoisotopic (exact) mass is 373 g/mol. The molecule has 0 radical (unpaired) electrons. The highest BCUT2D eigenvalue weighted by Crippen LogP contribution is 2.21. The number of hydrogen-bond donors (Lipinski definition) is 1. The maximum atomic E-state index is 12.0. The van der Waals surface area contributed by atoms with Crippen LogP contribution in [0.2, 0.25) is 0 Å². The van der Waals surface area contributed by atoms with Gasteiger partial charge in [-0.2, -0.15) is 0 Å². The van der Waals surface area contributed by atoms with Gasteiger partial charge in [0.15, 0.2) is 0 Å². The lowest BCUT2D eigenvalue weighted by molar-refractivity contribution is 0.0950. The molecular weight excluding hydrogens is 366 g/mol. The first-order valence-corrected chi connectivity index (χ1v) is 7.39. The van der Waals surface area contributed by atoms with E-state index in [-0.39, 0.29) is 5.91 Å². The van der Waals surface area contributed by atoms with E-state index in [1.54, 1.807) is 17.4 Å². The number of thiophene rings is 1. The Kier molecular flexibility index (Phi) is 4.36. The number of carbonyl (C=O) groups is 1. The van der Waals surface area contributed by atoms with Gasteiger partial charge in [-0.05, 0) is 45.6 Å². The molecule has 1 aromatic heterocycles. The Labute approximate surface area is 120 Å². The van der Waals surface area contributed by atoms with E-state index in [2.05, 4.69) is 37.2 Å². The molecule has 1 amide bonds. The van der Waals surface area contributed by atoms with Gasteiger partial charge in [0.2, 0.25) is 0 Å². The van der Waals surface area contributed by atoms with Crippen LogP contribution in [-0.4, -0.2) is 5.91 Å². The van der Waals surface area contributed by atoms with Crippen LogP contribution in [0.15, 0.2) is 44.7 Å². The van der Waals surface area contributed by atoms with Gasteiger partial charge < -0.3 is 5.32 Å². The number of benzene rings is 1. The summed E-state index contributed by atoms with van der Waals surface area (Å²) in [5.41, 5.74) is 0.635. The van der Waals surface area contributed by atoms with Crippen molar-refractivity contribution in [1.29, 1.82) is 0 Å². The summed E-state index contributed by atoms with van der Waals surface area (Å²) in [5, 5.41) is 4.89. The smallest absolute Gasteiger partial charge is 0.252 e. The van der Waals surface area contributed by atoms with Crippen molar-refractivity contribution in [1.82, 2.24) is 5.32 Å². The van der Waals surface area contributed by atoms with Crippen molar-refractivity contribution in [3.8, 4) is 0 Å². The fourth-order valence-corrected chi connectivity index (χ4v) is 2.78. The number of hydrogen-bond acceptors (Lipinski definition) is 2. The Bertz CT molecular complexity index is 525. The third-order valence-electron chi connectivity index (χ3n) is 2.18. The molecule has 1 heterocycles. The highest BCUT2D eigenvalue weighted by Gasteiger charge is 2.10. The van der Waals surface area contributed by atoms with Gasteiger partial charge in [0.05, 0.1) is 12.1 Å². The standard InChI is InChI=1S/C12H9Br2NOS/c13-8-3-4-11(14)10(6-8)12(16)15-7-9-2-1-5-17-9/h1-6H,7H2,(H,15,16). The summed E-state index contributed by atoms with van der Waals surface area (Å²) < 4.78 is 1.69. The Morgan fingerprint density at radius 3 is 2.82 bits per heavy atom. The molecule has 1 aromatic carbocycles. The van der Waals surface area contributed by atoms with Crippen molar-refractivity contribution in [3.63, 3.8) is 0 Å². The van der Waals surface area contributed by atoms with Crippen LogP contribution in [0.25, 0.3) is 0 Å². The van der Waals surface area contributed by atoms with Gasteiger partial charge in [-0.3, -0.25) is 4.79 Å². The molecule has 0 saturated heterocycles. The summed E-state index contributed by atoms with van der Waals surface area (Å²) in [4.78, 5) is 13.1. The van der Waals surface area contributed by atoms with Crippen LogP contribution >= 0.6 is 43.2 Å². The summed E-state index contributed by atoms with van der Waals surface area (Å²) in [5.74, 6) is -0.0772. The van der Waals surface area contributed by atoms with Crippen LogP contribution in [0.4, 0.5) is 0 Å². The highest BCUT2D eigenvalue weighted by atomic mass is 79.9. The molecular formula is C12H9Br2NOS. The van der Waals surface area contributed by atoms with Crippen molar-refractivity contribution in [2.45, 2.75) is 6.54 Å². The van der Waals surface area contributed by atoms with Crippen molar-refractivity contribution in [3.05, 3.63) is 55.1 Å². The minimum Gasteiger partial charge on any atom is -0.347 e. The van der Waals surface area contributed by atoms with Crippen molar-refractivity contribution in [2.75, 3.05) is 0 Å². The summed E-state index contributed by atoms with van der Waals surface area (Å²) in [6, 6.07) is 9.51. The molecule has 2 aromatic rings.